The molecule has 2 rings (SSSR count). The Morgan fingerprint density at radius 2 is 1.81 bits per heavy atom. The summed E-state index contributed by atoms with van der Waals surface area (Å²) in [5.74, 6) is -0.956. The third kappa shape index (κ3) is 3.68. The van der Waals surface area contributed by atoms with E-state index in [1.807, 2.05) is 0 Å². The first-order valence-corrected chi connectivity index (χ1v) is 6.23. The zero-order chi connectivity index (χ0) is 15.6. The van der Waals surface area contributed by atoms with E-state index in [-0.39, 0.29) is 12.0 Å². The lowest BCUT2D eigenvalue weighted by atomic mass is 9.98. The molecule has 0 saturated carbocycles. The van der Waals surface area contributed by atoms with Crippen LogP contribution in [0.2, 0.25) is 0 Å². The molecule has 0 aliphatic heterocycles. The molecule has 2 aromatic carbocycles. The molecule has 0 radical (unpaired) electrons. The lowest BCUT2D eigenvalue weighted by molar-refractivity contribution is -0.137. The van der Waals surface area contributed by atoms with Crippen LogP contribution in [0.1, 0.15) is 27.0 Å². The topological polar surface area (TPSA) is 17.1 Å². The summed E-state index contributed by atoms with van der Waals surface area (Å²) in [4.78, 5) is 12.1. The predicted molar refractivity (Wildman–Crippen MR) is 70.6 cm³/mol. The quantitative estimate of drug-likeness (QED) is 0.598. The van der Waals surface area contributed by atoms with E-state index < -0.39 is 23.3 Å². The molecule has 0 heterocycles. The van der Waals surface area contributed by atoms with E-state index in [0.717, 1.165) is 17.7 Å². The molecule has 21 heavy (non-hydrogen) atoms. The lowest BCUT2D eigenvalue weighted by Gasteiger charge is -2.09. The van der Waals surface area contributed by atoms with E-state index in [1.165, 1.54) is 30.3 Å². The molecule has 0 amide bonds. The van der Waals surface area contributed by atoms with Gasteiger partial charge in [-0.05, 0) is 42.3 Å². The van der Waals surface area contributed by atoms with Crippen molar-refractivity contribution in [1.29, 1.82) is 0 Å². The first kappa shape index (κ1) is 15.2. The summed E-state index contributed by atoms with van der Waals surface area (Å²) in [7, 11) is 0. The van der Waals surface area contributed by atoms with E-state index in [9.17, 15) is 22.4 Å². The Morgan fingerprint density at radius 3 is 2.48 bits per heavy atom. The van der Waals surface area contributed by atoms with Gasteiger partial charge in [0.2, 0.25) is 0 Å². The molecule has 0 bridgehead atoms. The Hall–Kier alpha value is -2.17. The Kier molecular flexibility index (Phi) is 4.11. The van der Waals surface area contributed by atoms with Crippen LogP contribution in [0.4, 0.5) is 17.6 Å². The van der Waals surface area contributed by atoms with Crippen molar-refractivity contribution in [3.05, 3.63) is 70.5 Å². The van der Waals surface area contributed by atoms with Crippen LogP contribution in [0.3, 0.4) is 0 Å². The number of hydrogen-bond donors (Lipinski definition) is 0. The largest absolute Gasteiger partial charge is 0.416 e. The predicted octanol–water partition coefficient (Wildman–Crippen LogP) is 4.58. The van der Waals surface area contributed by atoms with Crippen molar-refractivity contribution < 1.29 is 22.4 Å². The molecule has 0 aromatic heterocycles. The minimum absolute atomic E-state index is 0.0338. The maximum Gasteiger partial charge on any atom is 0.416 e. The molecule has 5 heteroatoms. The monoisotopic (exact) mass is 296 g/mol. The zero-order valence-corrected chi connectivity index (χ0v) is 11.2. The maximum absolute atomic E-state index is 13.2. The van der Waals surface area contributed by atoms with Gasteiger partial charge in [0.15, 0.2) is 5.78 Å². The van der Waals surface area contributed by atoms with Crippen LogP contribution >= 0.6 is 0 Å². The molecule has 0 atom stereocenters. The van der Waals surface area contributed by atoms with Gasteiger partial charge >= 0.3 is 6.18 Å². The molecule has 1 nitrogen and oxygen atoms in total. The van der Waals surface area contributed by atoms with Crippen LogP contribution in [0.15, 0.2) is 42.5 Å². The number of halogens is 4. The van der Waals surface area contributed by atoms with Crippen molar-refractivity contribution in [2.75, 3.05) is 0 Å². The van der Waals surface area contributed by atoms with Gasteiger partial charge in [0.25, 0.3) is 0 Å². The molecule has 2 aromatic rings. The summed E-state index contributed by atoms with van der Waals surface area (Å²) in [6.07, 6.45) is -4.63. The van der Waals surface area contributed by atoms with Gasteiger partial charge in [0.05, 0.1) is 5.56 Å². The molecular formula is C16H12F4O. The molecule has 110 valence electrons. The van der Waals surface area contributed by atoms with Crippen LogP contribution < -0.4 is 0 Å². The smallest absolute Gasteiger partial charge is 0.294 e. The summed E-state index contributed by atoms with van der Waals surface area (Å²) < 4.78 is 51.0. The van der Waals surface area contributed by atoms with E-state index in [0.29, 0.717) is 5.56 Å². The molecule has 0 aliphatic carbocycles. The van der Waals surface area contributed by atoms with Crippen molar-refractivity contribution in [2.45, 2.75) is 19.5 Å². The van der Waals surface area contributed by atoms with Gasteiger partial charge in [-0.3, -0.25) is 4.79 Å². The van der Waals surface area contributed by atoms with E-state index in [2.05, 4.69) is 0 Å². The molecular weight excluding hydrogens is 284 g/mol. The number of alkyl halides is 3. The Morgan fingerprint density at radius 1 is 1.10 bits per heavy atom. The summed E-state index contributed by atoms with van der Waals surface area (Å²) in [6, 6.07) is 8.26. The van der Waals surface area contributed by atoms with Gasteiger partial charge in [-0.1, -0.05) is 18.2 Å². The van der Waals surface area contributed by atoms with Gasteiger partial charge in [-0.15, -0.1) is 0 Å². The summed E-state index contributed by atoms with van der Waals surface area (Å²) in [5.41, 5.74) is 0.284. The van der Waals surface area contributed by atoms with Crippen LogP contribution in [0.25, 0.3) is 0 Å². The van der Waals surface area contributed by atoms with Crippen LogP contribution in [0.5, 0.6) is 0 Å². The molecule has 0 N–H and O–H groups in total. The SMILES string of the molecule is Cc1ccc(F)cc1CC(=O)c1cccc(C(F)(F)F)c1. The van der Waals surface area contributed by atoms with Gasteiger partial charge in [-0.2, -0.15) is 13.2 Å². The highest BCUT2D eigenvalue weighted by Gasteiger charge is 2.30. The normalized spacial score (nSPS) is 11.5. The number of benzene rings is 2. The Bertz CT molecular complexity index is 674. The van der Waals surface area contributed by atoms with Crippen molar-refractivity contribution in [2.24, 2.45) is 0 Å². The van der Waals surface area contributed by atoms with Gasteiger partial charge in [0, 0.05) is 12.0 Å². The number of carbonyl (C=O) groups is 1. The number of carbonyl (C=O) groups excluding carboxylic acids is 1. The Balaban J connectivity index is 2.27. The minimum Gasteiger partial charge on any atom is -0.294 e. The summed E-state index contributed by atoms with van der Waals surface area (Å²) >= 11 is 0. The van der Waals surface area contributed by atoms with Crippen molar-refractivity contribution in [3.8, 4) is 0 Å². The maximum atomic E-state index is 13.2. The highest BCUT2D eigenvalue weighted by molar-refractivity contribution is 5.97. The fourth-order valence-corrected chi connectivity index (χ4v) is 1.97. The van der Waals surface area contributed by atoms with Crippen LogP contribution in [-0.4, -0.2) is 5.78 Å². The average Bonchev–Trinajstić information content (AvgIpc) is 2.42. The van der Waals surface area contributed by atoms with Crippen molar-refractivity contribution >= 4 is 5.78 Å². The van der Waals surface area contributed by atoms with Gasteiger partial charge in [0.1, 0.15) is 5.82 Å². The molecule has 0 saturated heterocycles. The molecule has 0 spiro atoms. The lowest BCUT2D eigenvalue weighted by Crippen LogP contribution is -2.09. The van der Waals surface area contributed by atoms with Gasteiger partial charge in [-0.25, -0.2) is 4.39 Å². The zero-order valence-electron chi connectivity index (χ0n) is 11.2. The number of aryl methyl sites for hydroxylation is 1. The van der Waals surface area contributed by atoms with E-state index in [4.69, 9.17) is 0 Å². The first-order valence-electron chi connectivity index (χ1n) is 6.23. The van der Waals surface area contributed by atoms with Crippen LogP contribution in [0, 0.1) is 12.7 Å². The minimum atomic E-state index is -4.49. The molecule has 0 fully saturated rings. The first-order chi connectivity index (χ1) is 9.77. The van der Waals surface area contributed by atoms with Gasteiger partial charge < -0.3 is 0 Å². The van der Waals surface area contributed by atoms with Crippen molar-refractivity contribution in [1.82, 2.24) is 0 Å². The molecule has 0 aliphatic rings. The third-order valence-corrected chi connectivity index (χ3v) is 3.17. The number of hydrogen-bond acceptors (Lipinski definition) is 1. The fourth-order valence-electron chi connectivity index (χ4n) is 1.97. The second-order valence-corrected chi connectivity index (χ2v) is 4.75. The Labute approximate surface area is 119 Å². The third-order valence-electron chi connectivity index (χ3n) is 3.17. The van der Waals surface area contributed by atoms with Crippen LogP contribution in [-0.2, 0) is 12.6 Å². The molecule has 0 unspecified atom stereocenters. The second-order valence-electron chi connectivity index (χ2n) is 4.75. The van der Waals surface area contributed by atoms with Crippen molar-refractivity contribution in [3.63, 3.8) is 0 Å². The average molecular weight is 296 g/mol. The number of rotatable bonds is 3. The fraction of sp³-hybridized carbons (Fsp3) is 0.188. The summed E-state index contributed by atoms with van der Waals surface area (Å²) in [6.45, 7) is 1.72. The standard InChI is InChI=1S/C16H12F4O/c1-10-5-6-14(17)8-12(10)9-15(21)11-3-2-4-13(7-11)16(18,19)20/h2-8H,9H2,1H3. The highest BCUT2D eigenvalue weighted by atomic mass is 19.4. The second kappa shape index (κ2) is 5.68. The van der Waals surface area contributed by atoms with E-state index >= 15 is 0 Å². The highest BCUT2D eigenvalue weighted by Crippen LogP contribution is 2.29. The van der Waals surface area contributed by atoms with E-state index in [1.54, 1.807) is 6.92 Å². The number of Topliss-reactive ketones (excluding diaryl/α,β-unsaturated/α-hetero) is 1. The summed E-state index contributed by atoms with van der Waals surface area (Å²) in [5, 5.41) is 0. The number of ketones is 1.